The van der Waals surface area contributed by atoms with Crippen LogP contribution in [0.15, 0.2) is 24.3 Å². The number of hydrogen-bond donors (Lipinski definition) is 1. The van der Waals surface area contributed by atoms with Crippen molar-refractivity contribution >= 4 is 5.69 Å². The maximum Gasteiger partial charge on any atom is 0.0361 e. The van der Waals surface area contributed by atoms with E-state index in [1.807, 2.05) is 0 Å². The van der Waals surface area contributed by atoms with Gasteiger partial charge < -0.3 is 10.2 Å². The molecular weight excluding hydrogens is 208 g/mol. The maximum absolute atomic E-state index is 3.70. The second-order valence-electron chi connectivity index (χ2n) is 5.40. The van der Waals surface area contributed by atoms with Crippen molar-refractivity contribution in [2.24, 2.45) is 0 Å². The Bertz CT molecular complexity index is 348. The Labute approximate surface area is 105 Å². The summed E-state index contributed by atoms with van der Waals surface area (Å²) in [6.07, 6.45) is 5.03. The third kappa shape index (κ3) is 2.81. The summed E-state index contributed by atoms with van der Waals surface area (Å²) in [6.45, 7) is 3.48. The second kappa shape index (κ2) is 5.09. The molecule has 1 aromatic rings. The molecule has 0 aromatic heterocycles. The molecule has 1 fully saturated rings. The molecule has 1 aliphatic rings. The predicted octanol–water partition coefficient (Wildman–Crippen LogP) is 2.83. The van der Waals surface area contributed by atoms with Gasteiger partial charge in [0.2, 0.25) is 0 Å². The SMILES string of the molecule is CCC1(Cc2ccc(N(C)C)cc2)CCCN1. The zero-order chi connectivity index (χ0) is 12.3. The topological polar surface area (TPSA) is 15.3 Å². The average molecular weight is 232 g/mol. The van der Waals surface area contributed by atoms with E-state index in [-0.39, 0.29) is 0 Å². The molecule has 0 aliphatic carbocycles. The summed E-state index contributed by atoms with van der Waals surface area (Å²) in [4.78, 5) is 2.15. The molecule has 2 rings (SSSR count). The van der Waals surface area contributed by atoms with Crippen LogP contribution in [-0.2, 0) is 6.42 Å². The van der Waals surface area contributed by atoms with E-state index in [4.69, 9.17) is 0 Å². The average Bonchev–Trinajstić information content (AvgIpc) is 2.79. The van der Waals surface area contributed by atoms with Crippen LogP contribution in [-0.4, -0.2) is 26.2 Å². The van der Waals surface area contributed by atoms with Crippen LogP contribution in [0.1, 0.15) is 31.7 Å². The van der Waals surface area contributed by atoms with Gasteiger partial charge in [-0.15, -0.1) is 0 Å². The zero-order valence-electron chi connectivity index (χ0n) is 11.3. The van der Waals surface area contributed by atoms with Gasteiger partial charge in [-0.1, -0.05) is 19.1 Å². The van der Waals surface area contributed by atoms with Crippen molar-refractivity contribution in [2.75, 3.05) is 25.5 Å². The first-order chi connectivity index (χ1) is 8.15. The van der Waals surface area contributed by atoms with E-state index in [0.29, 0.717) is 5.54 Å². The zero-order valence-corrected chi connectivity index (χ0v) is 11.3. The molecule has 94 valence electrons. The summed E-state index contributed by atoms with van der Waals surface area (Å²) < 4.78 is 0. The monoisotopic (exact) mass is 232 g/mol. The van der Waals surface area contributed by atoms with Crippen molar-refractivity contribution in [3.63, 3.8) is 0 Å². The fraction of sp³-hybridized carbons (Fsp3) is 0.600. The Morgan fingerprint density at radius 3 is 2.41 bits per heavy atom. The molecule has 2 nitrogen and oxygen atoms in total. The van der Waals surface area contributed by atoms with Crippen molar-refractivity contribution in [3.05, 3.63) is 29.8 Å². The fourth-order valence-corrected chi connectivity index (χ4v) is 2.75. The van der Waals surface area contributed by atoms with E-state index in [1.165, 1.54) is 37.1 Å². The highest BCUT2D eigenvalue weighted by atomic mass is 15.1. The van der Waals surface area contributed by atoms with Gasteiger partial charge in [0.15, 0.2) is 0 Å². The number of benzene rings is 1. The standard InChI is InChI=1S/C15H24N2/c1-4-15(10-5-11-16-15)12-13-6-8-14(9-7-13)17(2)3/h6-9,16H,4-5,10-12H2,1-3H3. The molecular formula is C15H24N2. The largest absolute Gasteiger partial charge is 0.378 e. The van der Waals surface area contributed by atoms with Gasteiger partial charge in [0.1, 0.15) is 0 Å². The third-order valence-corrected chi connectivity index (χ3v) is 4.00. The Morgan fingerprint density at radius 1 is 1.24 bits per heavy atom. The number of rotatable bonds is 4. The van der Waals surface area contributed by atoms with Gasteiger partial charge in [-0.05, 0) is 49.9 Å². The van der Waals surface area contributed by atoms with Crippen LogP contribution in [0.4, 0.5) is 5.69 Å². The number of anilines is 1. The highest BCUT2D eigenvalue weighted by Gasteiger charge is 2.31. The lowest BCUT2D eigenvalue weighted by atomic mass is 9.87. The van der Waals surface area contributed by atoms with E-state index in [2.05, 4.69) is 55.5 Å². The number of nitrogens with zero attached hydrogens (tertiary/aromatic N) is 1. The third-order valence-electron chi connectivity index (χ3n) is 4.00. The smallest absolute Gasteiger partial charge is 0.0361 e. The van der Waals surface area contributed by atoms with E-state index in [9.17, 15) is 0 Å². The first kappa shape index (κ1) is 12.4. The molecule has 0 spiro atoms. The van der Waals surface area contributed by atoms with Crippen LogP contribution in [0, 0.1) is 0 Å². The molecule has 0 saturated carbocycles. The van der Waals surface area contributed by atoms with Gasteiger partial charge in [0.05, 0.1) is 0 Å². The van der Waals surface area contributed by atoms with Crippen LogP contribution in [0.3, 0.4) is 0 Å². The van der Waals surface area contributed by atoms with Gasteiger partial charge in [-0.25, -0.2) is 0 Å². The molecule has 1 N–H and O–H groups in total. The van der Waals surface area contributed by atoms with Crippen molar-refractivity contribution in [1.29, 1.82) is 0 Å². The second-order valence-corrected chi connectivity index (χ2v) is 5.40. The minimum Gasteiger partial charge on any atom is -0.378 e. The lowest BCUT2D eigenvalue weighted by Crippen LogP contribution is -2.41. The van der Waals surface area contributed by atoms with Crippen molar-refractivity contribution in [3.8, 4) is 0 Å². The Hall–Kier alpha value is -1.02. The first-order valence-electron chi connectivity index (χ1n) is 6.66. The first-order valence-corrected chi connectivity index (χ1v) is 6.66. The normalized spacial score (nSPS) is 23.9. The summed E-state index contributed by atoms with van der Waals surface area (Å²) >= 11 is 0. The van der Waals surface area contributed by atoms with Crippen LogP contribution < -0.4 is 10.2 Å². The highest BCUT2D eigenvalue weighted by molar-refractivity contribution is 5.46. The predicted molar refractivity (Wildman–Crippen MR) is 74.7 cm³/mol. The minimum absolute atomic E-state index is 0.361. The Morgan fingerprint density at radius 2 is 1.94 bits per heavy atom. The van der Waals surface area contributed by atoms with Crippen LogP contribution in [0.2, 0.25) is 0 Å². The number of nitrogens with one attached hydrogen (secondary N) is 1. The van der Waals surface area contributed by atoms with E-state index in [0.717, 1.165) is 6.42 Å². The molecule has 1 heterocycles. The summed E-state index contributed by atoms with van der Waals surface area (Å²) in [6, 6.07) is 8.97. The van der Waals surface area contributed by atoms with Gasteiger partial charge in [0, 0.05) is 25.3 Å². The quantitative estimate of drug-likeness (QED) is 0.858. The van der Waals surface area contributed by atoms with Crippen LogP contribution >= 0.6 is 0 Å². The molecule has 0 radical (unpaired) electrons. The molecule has 1 unspecified atom stereocenters. The van der Waals surface area contributed by atoms with E-state index >= 15 is 0 Å². The van der Waals surface area contributed by atoms with Crippen LogP contribution in [0.5, 0.6) is 0 Å². The molecule has 1 saturated heterocycles. The summed E-state index contributed by atoms with van der Waals surface area (Å²) in [7, 11) is 4.17. The van der Waals surface area contributed by atoms with E-state index in [1.54, 1.807) is 0 Å². The number of hydrogen-bond acceptors (Lipinski definition) is 2. The van der Waals surface area contributed by atoms with E-state index < -0.39 is 0 Å². The van der Waals surface area contributed by atoms with Crippen molar-refractivity contribution in [1.82, 2.24) is 5.32 Å². The Balaban J connectivity index is 2.07. The Kier molecular flexibility index (Phi) is 3.72. The summed E-state index contributed by atoms with van der Waals surface area (Å²) in [5, 5.41) is 3.70. The molecule has 0 bridgehead atoms. The van der Waals surface area contributed by atoms with Gasteiger partial charge >= 0.3 is 0 Å². The summed E-state index contributed by atoms with van der Waals surface area (Å²) in [5.74, 6) is 0. The van der Waals surface area contributed by atoms with Gasteiger partial charge in [0.25, 0.3) is 0 Å². The fourth-order valence-electron chi connectivity index (χ4n) is 2.75. The van der Waals surface area contributed by atoms with Gasteiger partial charge in [-0.2, -0.15) is 0 Å². The molecule has 0 amide bonds. The molecule has 1 aromatic carbocycles. The molecule has 1 atom stereocenters. The highest BCUT2D eigenvalue weighted by Crippen LogP contribution is 2.27. The van der Waals surface area contributed by atoms with Crippen molar-refractivity contribution < 1.29 is 0 Å². The molecule has 2 heteroatoms. The maximum atomic E-state index is 3.70. The van der Waals surface area contributed by atoms with Gasteiger partial charge in [-0.3, -0.25) is 0 Å². The molecule has 1 aliphatic heterocycles. The van der Waals surface area contributed by atoms with Crippen molar-refractivity contribution in [2.45, 2.75) is 38.1 Å². The lowest BCUT2D eigenvalue weighted by molar-refractivity contribution is 0.360. The minimum atomic E-state index is 0.361. The van der Waals surface area contributed by atoms with Crippen LogP contribution in [0.25, 0.3) is 0 Å². The summed E-state index contributed by atoms with van der Waals surface area (Å²) in [5.41, 5.74) is 3.09. The molecule has 17 heavy (non-hydrogen) atoms. The lowest BCUT2D eigenvalue weighted by Gasteiger charge is -2.28.